The molecule has 1 fully saturated rings. The number of hydrogen-bond donors (Lipinski definition) is 1. The van der Waals surface area contributed by atoms with E-state index in [0.29, 0.717) is 11.5 Å². The molecule has 0 amide bonds. The van der Waals surface area contributed by atoms with Crippen molar-refractivity contribution in [2.75, 3.05) is 11.4 Å². The molecule has 2 rings (SSSR count). The highest BCUT2D eigenvalue weighted by molar-refractivity contribution is 6.45. The summed E-state index contributed by atoms with van der Waals surface area (Å²) in [6, 6.07) is 0.527. The van der Waals surface area contributed by atoms with Gasteiger partial charge >= 0.3 is 7.48 Å². The zero-order valence-electron chi connectivity index (χ0n) is 8.22. The van der Waals surface area contributed by atoms with Gasteiger partial charge in [0.1, 0.15) is 0 Å². The highest BCUT2D eigenvalue weighted by Gasteiger charge is 2.22. The van der Waals surface area contributed by atoms with Gasteiger partial charge in [-0.2, -0.15) is 0 Å². The molecule has 1 aliphatic rings. The minimum atomic E-state index is 0.527. The summed E-state index contributed by atoms with van der Waals surface area (Å²) in [6.45, 7) is 3.21. The Labute approximate surface area is 84.3 Å². The summed E-state index contributed by atoms with van der Waals surface area (Å²) in [5.74, 6) is 0.764. The second kappa shape index (κ2) is 3.96. The quantitative estimate of drug-likeness (QED) is 0.650. The normalized spacial score (nSPS) is 21.3. The van der Waals surface area contributed by atoms with Crippen molar-refractivity contribution in [2.24, 2.45) is 0 Å². The van der Waals surface area contributed by atoms with Crippen molar-refractivity contribution in [1.29, 1.82) is 0 Å². The number of hydrogen-bond acceptors (Lipinski definition) is 4. The summed E-state index contributed by atoms with van der Waals surface area (Å²) in [5.41, 5.74) is 0.639. The van der Waals surface area contributed by atoms with E-state index in [0.717, 1.165) is 20.0 Å². The molecule has 4 nitrogen and oxygen atoms in total. The second-order valence-electron chi connectivity index (χ2n) is 3.63. The zero-order chi connectivity index (χ0) is 9.97. The summed E-state index contributed by atoms with van der Waals surface area (Å²) in [4.78, 5) is 10.6. The maximum absolute atomic E-state index is 8.73. The van der Waals surface area contributed by atoms with Gasteiger partial charge in [-0.05, 0) is 25.2 Å². The highest BCUT2D eigenvalue weighted by atomic mass is 16.2. The molecule has 1 radical (unpaired) electrons. The lowest BCUT2D eigenvalue weighted by molar-refractivity contribution is 0.615. The molecule has 73 valence electrons. The van der Waals surface area contributed by atoms with Crippen molar-refractivity contribution < 1.29 is 5.02 Å². The fourth-order valence-electron chi connectivity index (χ4n) is 1.78. The first-order valence-corrected chi connectivity index (χ1v) is 4.87. The Balaban J connectivity index is 2.16. The molecule has 1 aromatic heterocycles. The van der Waals surface area contributed by atoms with E-state index in [-0.39, 0.29) is 0 Å². The molecular weight excluding hydrogens is 177 g/mol. The molecule has 1 aliphatic heterocycles. The van der Waals surface area contributed by atoms with Gasteiger partial charge in [-0.1, -0.05) is 0 Å². The van der Waals surface area contributed by atoms with Crippen LogP contribution in [0.4, 0.5) is 5.95 Å². The summed E-state index contributed by atoms with van der Waals surface area (Å²) >= 11 is 0. The highest BCUT2D eigenvalue weighted by Crippen LogP contribution is 2.20. The Morgan fingerprint density at radius 1 is 1.50 bits per heavy atom. The molecule has 2 heterocycles. The fourth-order valence-corrected chi connectivity index (χ4v) is 1.78. The van der Waals surface area contributed by atoms with E-state index in [4.69, 9.17) is 5.02 Å². The molecular formula is C9H13BN3O. The van der Waals surface area contributed by atoms with Gasteiger partial charge in [0, 0.05) is 25.0 Å². The van der Waals surface area contributed by atoms with Crippen LogP contribution >= 0.6 is 0 Å². The lowest BCUT2D eigenvalue weighted by atomic mass is 9.92. The molecule has 0 saturated carbocycles. The molecule has 1 unspecified atom stereocenters. The van der Waals surface area contributed by atoms with Gasteiger partial charge in [0.15, 0.2) is 0 Å². The zero-order valence-corrected chi connectivity index (χ0v) is 8.22. The van der Waals surface area contributed by atoms with Crippen molar-refractivity contribution in [3.8, 4) is 0 Å². The second-order valence-corrected chi connectivity index (χ2v) is 3.63. The first-order chi connectivity index (χ1) is 6.81. The topological polar surface area (TPSA) is 49.2 Å². The SMILES string of the molecule is CC1CCCN1c1ncc([B]O)cn1. The van der Waals surface area contributed by atoms with E-state index in [1.54, 1.807) is 12.4 Å². The Kier molecular flexibility index (Phi) is 2.68. The smallest absolute Gasteiger partial charge is 0.329 e. The average Bonchev–Trinajstić information content (AvgIpc) is 2.65. The Hall–Kier alpha value is -1.10. The van der Waals surface area contributed by atoms with Crippen LogP contribution in [0.15, 0.2) is 12.4 Å². The van der Waals surface area contributed by atoms with Crippen LogP contribution < -0.4 is 10.4 Å². The molecule has 14 heavy (non-hydrogen) atoms. The van der Waals surface area contributed by atoms with E-state index in [1.165, 1.54) is 12.8 Å². The van der Waals surface area contributed by atoms with Crippen LogP contribution in [-0.2, 0) is 0 Å². The Bertz CT molecular complexity index is 303. The van der Waals surface area contributed by atoms with Gasteiger partial charge in [-0.25, -0.2) is 9.97 Å². The maximum atomic E-state index is 8.73. The summed E-state index contributed by atoms with van der Waals surface area (Å²) < 4.78 is 0. The largest absolute Gasteiger partial charge is 0.450 e. The van der Waals surface area contributed by atoms with Crippen LogP contribution in [0.1, 0.15) is 19.8 Å². The molecule has 5 heteroatoms. The van der Waals surface area contributed by atoms with Gasteiger partial charge in [-0.15, -0.1) is 0 Å². The number of aromatic nitrogens is 2. The van der Waals surface area contributed by atoms with Crippen LogP contribution in [0.25, 0.3) is 0 Å². The van der Waals surface area contributed by atoms with Crippen LogP contribution in [0.3, 0.4) is 0 Å². The third kappa shape index (κ3) is 1.72. The first-order valence-electron chi connectivity index (χ1n) is 4.87. The minimum absolute atomic E-state index is 0.527. The molecule has 0 aromatic carbocycles. The van der Waals surface area contributed by atoms with Gasteiger partial charge in [0.25, 0.3) is 0 Å². The van der Waals surface area contributed by atoms with Gasteiger partial charge in [0.2, 0.25) is 5.95 Å². The number of nitrogens with zero attached hydrogens (tertiary/aromatic N) is 3. The van der Waals surface area contributed by atoms with E-state index >= 15 is 0 Å². The van der Waals surface area contributed by atoms with Gasteiger partial charge < -0.3 is 9.92 Å². The van der Waals surface area contributed by atoms with Crippen molar-refractivity contribution >= 4 is 18.9 Å². The van der Waals surface area contributed by atoms with E-state index in [9.17, 15) is 0 Å². The molecule has 1 atom stereocenters. The third-order valence-corrected chi connectivity index (χ3v) is 2.62. The van der Waals surface area contributed by atoms with Crippen LogP contribution in [0.2, 0.25) is 0 Å². The van der Waals surface area contributed by atoms with Gasteiger partial charge in [0.05, 0.1) is 0 Å². The maximum Gasteiger partial charge on any atom is 0.329 e. The third-order valence-electron chi connectivity index (χ3n) is 2.62. The Morgan fingerprint density at radius 2 is 2.21 bits per heavy atom. The van der Waals surface area contributed by atoms with Crippen LogP contribution in [-0.4, -0.2) is 35.1 Å². The summed E-state index contributed by atoms with van der Waals surface area (Å²) in [7, 11) is 1.01. The molecule has 0 aliphatic carbocycles. The molecule has 0 spiro atoms. The number of rotatable bonds is 2. The molecule has 1 saturated heterocycles. The average molecular weight is 190 g/mol. The molecule has 1 aromatic rings. The lowest BCUT2D eigenvalue weighted by Gasteiger charge is -2.20. The minimum Gasteiger partial charge on any atom is -0.450 e. The Morgan fingerprint density at radius 3 is 2.71 bits per heavy atom. The van der Waals surface area contributed by atoms with Crippen molar-refractivity contribution in [2.45, 2.75) is 25.8 Å². The fraction of sp³-hybridized carbons (Fsp3) is 0.556. The lowest BCUT2D eigenvalue weighted by Crippen LogP contribution is -2.29. The standard InChI is InChI=1S/C9H13BN3O/c1-7-3-2-4-13(7)9-11-5-8(10-14)6-12-9/h5-7,14H,2-4H2,1H3. The van der Waals surface area contributed by atoms with Gasteiger partial charge in [-0.3, -0.25) is 0 Å². The predicted octanol–water partition coefficient (Wildman–Crippen LogP) is -0.298. The van der Waals surface area contributed by atoms with E-state index in [1.807, 2.05) is 0 Å². The van der Waals surface area contributed by atoms with Crippen molar-refractivity contribution in [3.05, 3.63) is 12.4 Å². The monoisotopic (exact) mass is 190 g/mol. The molecule has 1 N–H and O–H groups in total. The summed E-state index contributed by atoms with van der Waals surface area (Å²) in [6.07, 6.45) is 5.68. The predicted molar refractivity (Wildman–Crippen MR) is 55.7 cm³/mol. The van der Waals surface area contributed by atoms with Crippen molar-refractivity contribution in [3.63, 3.8) is 0 Å². The van der Waals surface area contributed by atoms with E-state index < -0.39 is 0 Å². The van der Waals surface area contributed by atoms with Crippen LogP contribution in [0, 0.1) is 0 Å². The van der Waals surface area contributed by atoms with Crippen LogP contribution in [0.5, 0.6) is 0 Å². The first kappa shape index (κ1) is 9.46. The number of anilines is 1. The summed E-state index contributed by atoms with van der Waals surface area (Å²) in [5, 5.41) is 8.73. The van der Waals surface area contributed by atoms with E-state index in [2.05, 4.69) is 21.8 Å². The van der Waals surface area contributed by atoms with Crippen molar-refractivity contribution in [1.82, 2.24) is 9.97 Å². The molecule has 0 bridgehead atoms.